The van der Waals surface area contributed by atoms with Crippen molar-refractivity contribution in [3.8, 4) is 44.5 Å². The van der Waals surface area contributed by atoms with Gasteiger partial charge in [0.25, 0.3) is 0 Å². The zero-order valence-electron chi connectivity index (χ0n) is 40.4. The normalized spacial score (nSPS) is 17.2. The van der Waals surface area contributed by atoms with Crippen molar-refractivity contribution < 1.29 is 0 Å². The molecule has 11 aromatic rings. The lowest BCUT2D eigenvalue weighted by Crippen LogP contribution is -2.28. The van der Waals surface area contributed by atoms with Gasteiger partial charge in [0, 0.05) is 27.8 Å². The van der Waals surface area contributed by atoms with E-state index in [1.54, 1.807) is 0 Å². The molecular weight excluding hydrogens is 867 g/mol. The topological polar surface area (TPSA) is 3.24 Å². The summed E-state index contributed by atoms with van der Waals surface area (Å²) in [4.78, 5) is 2.53. The van der Waals surface area contributed by atoms with Crippen molar-refractivity contribution in [1.82, 2.24) is 0 Å². The van der Waals surface area contributed by atoms with Crippen LogP contribution in [0, 0.1) is 0 Å². The summed E-state index contributed by atoms with van der Waals surface area (Å²) in [6, 6.07) is 102. The summed E-state index contributed by atoms with van der Waals surface area (Å²) >= 11 is 0. The fourth-order valence-corrected chi connectivity index (χ4v) is 13.3. The highest BCUT2D eigenvalue weighted by molar-refractivity contribution is 5.97. The number of fused-ring (bicyclic) bond motifs is 9. The third kappa shape index (κ3) is 5.89. The van der Waals surface area contributed by atoms with E-state index in [-0.39, 0.29) is 10.8 Å². The van der Waals surface area contributed by atoms with Crippen molar-refractivity contribution in [3.63, 3.8) is 0 Å². The minimum absolute atomic E-state index is 0.341. The Hall–Kier alpha value is -8.78. The molecule has 2 unspecified atom stereocenters. The maximum Gasteiger partial charge on any atom is 0.0713 e. The van der Waals surface area contributed by atoms with Gasteiger partial charge in [-0.3, -0.25) is 0 Å². The van der Waals surface area contributed by atoms with Gasteiger partial charge in [0.05, 0.1) is 11.1 Å². The molecular formula is C71H51N. The molecule has 1 nitrogen and oxygen atoms in total. The van der Waals surface area contributed by atoms with E-state index in [0.29, 0.717) is 0 Å². The zero-order valence-corrected chi connectivity index (χ0v) is 40.4. The molecule has 0 amide bonds. The van der Waals surface area contributed by atoms with Gasteiger partial charge in [0.15, 0.2) is 0 Å². The first-order chi connectivity index (χ1) is 35.5. The molecule has 0 saturated heterocycles. The molecule has 72 heavy (non-hydrogen) atoms. The molecule has 0 aromatic heterocycles. The van der Waals surface area contributed by atoms with Crippen LogP contribution >= 0.6 is 0 Å². The van der Waals surface area contributed by atoms with Crippen molar-refractivity contribution >= 4 is 17.1 Å². The molecule has 0 aliphatic heterocycles. The second kappa shape index (κ2) is 16.1. The van der Waals surface area contributed by atoms with E-state index >= 15 is 0 Å². The zero-order chi connectivity index (χ0) is 48.0. The Morgan fingerprint density at radius 2 is 0.681 bits per heavy atom. The fraction of sp³-hybridized carbons (Fsp3) is 0.0704. The number of benzene rings is 11. The van der Waals surface area contributed by atoms with Gasteiger partial charge in [-0.1, -0.05) is 237 Å². The van der Waals surface area contributed by atoms with Gasteiger partial charge in [-0.25, -0.2) is 0 Å². The first-order valence-corrected chi connectivity index (χ1v) is 25.3. The summed E-state index contributed by atoms with van der Waals surface area (Å²) in [5.74, 6) is 0. The molecule has 14 rings (SSSR count). The predicted octanol–water partition coefficient (Wildman–Crippen LogP) is 17.9. The SMILES string of the molecule is CC1(c2ccccc2)c2ccccc2-c2ccc(N(c3ccc(-c4ccc5c(c4)C(c4ccccc4)(c4ccccc4)c4ccccc4-5)cc3)c3cccc4c3-c3ccccc3C4(C)c3ccccc3)cc21. The van der Waals surface area contributed by atoms with Crippen LogP contribution in [-0.2, 0) is 16.2 Å². The van der Waals surface area contributed by atoms with Gasteiger partial charge in [-0.05, 0) is 145 Å². The van der Waals surface area contributed by atoms with Crippen LogP contribution in [0.15, 0.2) is 273 Å². The largest absolute Gasteiger partial charge is 0.310 e. The number of hydrogen-bond acceptors (Lipinski definition) is 1. The Kier molecular flexibility index (Phi) is 9.44. The average molecular weight is 918 g/mol. The van der Waals surface area contributed by atoms with Crippen molar-refractivity contribution in [2.45, 2.75) is 30.1 Å². The van der Waals surface area contributed by atoms with Crippen LogP contribution < -0.4 is 4.90 Å². The highest BCUT2D eigenvalue weighted by Crippen LogP contribution is 2.60. The number of anilines is 3. The quantitative estimate of drug-likeness (QED) is 0.147. The van der Waals surface area contributed by atoms with E-state index in [9.17, 15) is 0 Å². The Labute approximate surface area is 423 Å². The minimum Gasteiger partial charge on any atom is -0.310 e. The lowest BCUT2D eigenvalue weighted by molar-refractivity contribution is 0.713. The molecule has 0 heterocycles. The Bertz CT molecular complexity index is 3840. The van der Waals surface area contributed by atoms with Gasteiger partial charge in [-0.15, -0.1) is 0 Å². The van der Waals surface area contributed by atoms with Gasteiger partial charge in [0.2, 0.25) is 0 Å². The number of hydrogen-bond donors (Lipinski definition) is 0. The van der Waals surface area contributed by atoms with Crippen molar-refractivity contribution in [2.75, 3.05) is 4.90 Å². The van der Waals surface area contributed by atoms with Crippen LogP contribution in [0.4, 0.5) is 17.1 Å². The summed E-state index contributed by atoms with van der Waals surface area (Å²) in [5.41, 5.74) is 25.4. The summed E-state index contributed by atoms with van der Waals surface area (Å²) in [7, 11) is 0. The van der Waals surface area contributed by atoms with E-state index in [0.717, 1.165) is 17.1 Å². The Balaban J connectivity index is 0.966. The lowest BCUT2D eigenvalue weighted by Gasteiger charge is -2.34. The minimum atomic E-state index is -0.471. The monoisotopic (exact) mass is 917 g/mol. The number of nitrogens with zero attached hydrogens (tertiary/aromatic N) is 1. The van der Waals surface area contributed by atoms with E-state index < -0.39 is 5.41 Å². The summed E-state index contributed by atoms with van der Waals surface area (Å²) in [6.07, 6.45) is 0. The molecule has 0 spiro atoms. The van der Waals surface area contributed by atoms with E-state index in [2.05, 4.69) is 292 Å². The Morgan fingerprint density at radius 1 is 0.264 bits per heavy atom. The first-order valence-electron chi connectivity index (χ1n) is 25.3. The van der Waals surface area contributed by atoms with Gasteiger partial charge in [0.1, 0.15) is 0 Å². The molecule has 340 valence electrons. The third-order valence-corrected chi connectivity index (χ3v) is 16.7. The van der Waals surface area contributed by atoms with Crippen molar-refractivity contribution in [3.05, 3.63) is 329 Å². The molecule has 0 radical (unpaired) electrons. The second-order valence-electron chi connectivity index (χ2n) is 20.2. The van der Waals surface area contributed by atoms with Crippen molar-refractivity contribution in [1.29, 1.82) is 0 Å². The fourth-order valence-electron chi connectivity index (χ4n) is 13.3. The molecule has 0 N–H and O–H groups in total. The molecule has 2 atom stereocenters. The maximum absolute atomic E-state index is 2.53. The molecule has 0 saturated carbocycles. The lowest BCUT2D eigenvalue weighted by atomic mass is 9.67. The molecule has 0 bridgehead atoms. The van der Waals surface area contributed by atoms with E-state index in [4.69, 9.17) is 0 Å². The van der Waals surface area contributed by atoms with Gasteiger partial charge >= 0.3 is 0 Å². The smallest absolute Gasteiger partial charge is 0.0713 e. The summed E-state index contributed by atoms with van der Waals surface area (Å²) in [6.45, 7) is 4.82. The second-order valence-corrected chi connectivity index (χ2v) is 20.2. The molecule has 3 aliphatic rings. The van der Waals surface area contributed by atoms with Gasteiger partial charge in [-0.2, -0.15) is 0 Å². The van der Waals surface area contributed by atoms with Crippen LogP contribution in [0.1, 0.15) is 69.5 Å². The van der Waals surface area contributed by atoms with Crippen LogP contribution in [0.3, 0.4) is 0 Å². The summed E-state index contributed by atoms with van der Waals surface area (Å²) in [5, 5.41) is 0. The average Bonchev–Trinajstić information content (AvgIpc) is 4.01. The van der Waals surface area contributed by atoms with E-state index in [1.807, 2.05) is 0 Å². The molecule has 0 fully saturated rings. The van der Waals surface area contributed by atoms with E-state index in [1.165, 1.54) is 100 Å². The van der Waals surface area contributed by atoms with Crippen LogP contribution in [0.2, 0.25) is 0 Å². The van der Waals surface area contributed by atoms with Crippen LogP contribution in [0.25, 0.3) is 44.5 Å². The maximum atomic E-state index is 2.53. The highest BCUT2D eigenvalue weighted by Gasteiger charge is 2.47. The number of rotatable bonds is 8. The third-order valence-electron chi connectivity index (χ3n) is 16.7. The van der Waals surface area contributed by atoms with Gasteiger partial charge < -0.3 is 4.90 Å². The predicted molar refractivity (Wildman–Crippen MR) is 299 cm³/mol. The summed E-state index contributed by atoms with van der Waals surface area (Å²) < 4.78 is 0. The molecule has 11 aromatic carbocycles. The molecule has 3 aliphatic carbocycles. The van der Waals surface area contributed by atoms with Crippen molar-refractivity contribution in [2.24, 2.45) is 0 Å². The van der Waals surface area contributed by atoms with Crippen LogP contribution in [0.5, 0.6) is 0 Å². The van der Waals surface area contributed by atoms with Crippen LogP contribution in [-0.4, -0.2) is 0 Å². The first kappa shape index (κ1) is 42.1. The Morgan fingerprint density at radius 3 is 1.29 bits per heavy atom. The standard InChI is InChI=1S/C71H51N/c1-69(50-22-7-3-8-23-50)62-34-19-17-32-60(62)68-64(69)36-21-37-67(68)72(55-43-45-58-56-30-15-18-33-61(56)70(2,65(58)47-55)51-24-9-4-10-25-51)54-41-38-48(39-42-54)49-40-44-59-57-31-16-20-35-63(57)71(66(59)46-49,52-26-11-5-12-27-52)53-28-13-6-14-29-53/h3-47H,1-2H3. The highest BCUT2D eigenvalue weighted by atomic mass is 15.1. The molecule has 1 heteroatoms.